The van der Waals surface area contributed by atoms with E-state index in [0.717, 1.165) is 0 Å². The van der Waals surface area contributed by atoms with Gasteiger partial charge in [-0.2, -0.15) is 0 Å². The SMILES string of the molecule is CCO.O.O.[NaH]. The van der Waals surface area contributed by atoms with Crippen LogP contribution in [0.3, 0.4) is 0 Å². The van der Waals surface area contributed by atoms with Crippen molar-refractivity contribution in [3.8, 4) is 0 Å². The number of rotatable bonds is 0. The molecular weight excluding hydrogens is 95.0 g/mol. The van der Waals surface area contributed by atoms with Gasteiger partial charge in [0.25, 0.3) is 0 Å². The fourth-order valence-corrected chi connectivity index (χ4v) is 0. The Hall–Kier alpha value is 0.880. The third-order valence-electron chi connectivity index (χ3n) is 0. The molecule has 4 heteroatoms. The molecule has 0 amide bonds. The van der Waals surface area contributed by atoms with Crippen LogP contribution in [0.4, 0.5) is 0 Å². The fraction of sp³-hybridized carbons (Fsp3) is 1.00. The van der Waals surface area contributed by atoms with Crippen LogP contribution in [0, 0.1) is 0 Å². The Morgan fingerprint density at radius 1 is 1.33 bits per heavy atom. The predicted octanol–water partition coefficient (Wildman–Crippen LogP) is -2.30. The fourth-order valence-electron chi connectivity index (χ4n) is 0. The normalized spacial score (nSPS) is 3.00. The molecule has 0 aromatic carbocycles. The van der Waals surface area contributed by atoms with Crippen molar-refractivity contribution in [2.45, 2.75) is 6.92 Å². The van der Waals surface area contributed by atoms with E-state index in [1.54, 1.807) is 6.92 Å². The molecule has 0 unspecified atom stereocenters. The first kappa shape index (κ1) is 28.7. The number of aliphatic hydroxyl groups excluding tert-OH is 1. The Labute approximate surface area is 59.3 Å². The van der Waals surface area contributed by atoms with Crippen LogP contribution in [-0.2, 0) is 0 Å². The molecule has 0 fully saturated rings. The molecule has 0 saturated heterocycles. The van der Waals surface area contributed by atoms with Gasteiger partial charge in [-0.15, -0.1) is 0 Å². The van der Waals surface area contributed by atoms with E-state index in [4.69, 9.17) is 5.11 Å². The van der Waals surface area contributed by atoms with Crippen LogP contribution in [0.2, 0.25) is 0 Å². The van der Waals surface area contributed by atoms with Gasteiger partial charge in [-0.05, 0) is 6.92 Å². The summed E-state index contributed by atoms with van der Waals surface area (Å²) in [5.41, 5.74) is 0. The van der Waals surface area contributed by atoms with Crippen molar-refractivity contribution in [3.63, 3.8) is 0 Å². The van der Waals surface area contributed by atoms with E-state index in [2.05, 4.69) is 0 Å². The molecule has 0 aromatic heterocycles. The average molecular weight is 106 g/mol. The molecule has 0 saturated carbocycles. The van der Waals surface area contributed by atoms with Gasteiger partial charge in [0, 0.05) is 6.61 Å². The van der Waals surface area contributed by atoms with Crippen LogP contribution >= 0.6 is 0 Å². The minimum absolute atomic E-state index is 0. The average Bonchev–Trinajstić information content (AvgIpc) is 0.918. The molecule has 0 atom stereocenters. The Morgan fingerprint density at radius 2 is 1.33 bits per heavy atom. The molecule has 0 aliphatic heterocycles. The Morgan fingerprint density at radius 3 is 1.33 bits per heavy atom. The number of aliphatic hydroxyl groups is 1. The van der Waals surface area contributed by atoms with Crippen LogP contribution in [0.1, 0.15) is 6.92 Å². The van der Waals surface area contributed by atoms with E-state index in [1.807, 2.05) is 0 Å². The number of hydrogen-bond donors (Lipinski definition) is 1. The van der Waals surface area contributed by atoms with Crippen molar-refractivity contribution in [2.75, 3.05) is 6.61 Å². The van der Waals surface area contributed by atoms with Crippen LogP contribution in [0.25, 0.3) is 0 Å². The molecule has 5 N–H and O–H groups in total. The topological polar surface area (TPSA) is 83.2 Å². The summed E-state index contributed by atoms with van der Waals surface area (Å²) in [7, 11) is 0. The maximum absolute atomic E-state index is 7.57. The summed E-state index contributed by atoms with van der Waals surface area (Å²) in [6, 6.07) is 0. The third kappa shape index (κ3) is 94.9. The first-order chi connectivity index (χ1) is 1.41. The van der Waals surface area contributed by atoms with E-state index in [1.165, 1.54) is 0 Å². The summed E-state index contributed by atoms with van der Waals surface area (Å²) in [6.07, 6.45) is 0. The van der Waals surface area contributed by atoms with Gasteiger partial charge >= 0.3 is 29.6 Å². The van der Waals surface area contributed by atoms with Crippen LogP contribution in [0.5, 0.6) is 0 Å². The van der Waals surface area contributed by atoms with Gasteiger partial charge in [0.05, 0.1) is 0 Å². The Kier molecular flexibility index (Phi) is 189. The molecule has 0 aromatic rings. The van der Waals surface area contributed by atoms with Gasteiger partial charge < -0.3 is 16.1 Å². The monoisotopic (exact) mass is 106 g/mol. The summed E-state index contributed by atoms with van der Waals surface area (Å²) in [5, 5.41) is 7.57. The summed E-state index contributed by atoms with van der Waals surface area (Å²) in [6.45, 7) is 1.93. The molecule has 6 heavy (non-hydrogen) atoms. The minimum atomic E-state index is 0. The van der Waals surface area contributed by atoms with Gasteiger partial charge in [0.2, 0.25) is 0 Å². The van der Waals surface area contributed by atoms with Crippen molar-refractivity contribution in [3.05, 3.63) is 0 Å². The second-order valence-electron chi connectivity index (χ2n) is 0.316. The van der Waals surface area contributed by atoms with Gasteiger partial charge in [-0.25, -0.2) is 0 Å². The second-order valence-corrected chi connectivity index (χ2v) is 0.316. The van der Waals surface area contributed by atoms with E-state index in [-0.39, 0.29) is 47.1 Å². The molecule has 0 spiro atoms. The van der Waals surface area contributed by atoms with E-state index in [9.17, 15) is 0 Å². The first-order valence-corrected chi connectivity index (χ1v) is 1.02. The first-order valence-electron chi connectivity index (χ1n) is 1.02. The van der Waals surface area contributed by atoms with E-state index >= 15 is 0 Å². The summed E-state index contributed by atoms with van der Waals surface area (Å²) in [5.74, 6) is 0. The van der Waals surface area contributed by atoms with E-state index < -0.39 is 0 Å². The predicted molar refractivity (Wildman–Crippen MR) is 27.1 cm³/mol. The molecule has 0 aliphatic rings. The molecule has 0 bridgehead atoms. The van der Waals surface area contributed by atoms with Gasteiger partial charge in [0.1, 0.15) is 0 Å². The standard InChI is InChI=1S/C2H6O.Na.2H2O.H/c1-2-3;;;;/h3H,2H2,1H3;;2*1H2;. The van der Waals surface area contributed by atoms with Crippen molar-refractivity contribution < 1.29 is 16.1 Å². The molecular formula is C2H11NaO3. The number of hydrogen-bond acceptors (Lipinski definition) is 1. The maximum atomic E-state index is 7.57. The van der Waals surface area contributed by atoms with Crippen molar-refractivity contribution in [1.82, 2.24) is 0 Å². The van der Waals surface area contributed by atoms with Crippen LogP contribution < -0.4 is 0 Å². The summed E-state index contributed by atoms with van der Waals surface area (Å²) >= 11 is 0. The van der Waals surface area contributed by atoms with Crippen molar-refractivity contribution in [2.24, 2.45) is 0 Å². The zero-order valence-electron chi connectivity index (χ0n) is 3.15. The molecule has 0 rings (SSSR count). The van der Waals surface area contributed by atoms with Crippen molar-refractivity contribution in [1.29, 1.82) is 0 Å². The molecule has 0 heterocycles. The Balaban J connectivity index is -0.00000000667. The zero-order chi connectivity index (χ0) is 2.71. The molecule has 0 aliphatic carbocycles. The summed E-state index contributed by atoms with van der Waals surface area (Å²) in [4.78, 5) is 0. The Bertz CT molecular complexity index is 8.75. The van der Waals surface area contributed by atoms with Gasteiger partial charge in [0.15, 0.2) is 0 Å². The summed E-state index contributed by atoms with van der Waals surface area (Å²) < 4.78 is 0. The molecule has 3 nitrogen and oxygen atoms in total. The van der Waals surface area contributed by atoms with Crippen LogP contribution in [0.15, 0.2) is 0 Å². The van der Waals surface area contributed by atoms with Crippen molar-refractivity contribution >= 4 is 29.6 Å². The third-order valence-corrected chi connectivity index (χ3v) is 0. The quantitative estimate of drug-likeness (QED) is 0.346. The van der Waals surface area contributed by atoms with Crippen LogP contribution in [-0.4, -0.2) is 52.2 Å². The zero-order valence-corrected chi connectivity index (χ0v) is 3.15. The molecule has 0 radical (unpaired) electrons. The van der Waals surface area contributed by atoms with E-state index in [0.29, 0.717) is 0 Å². The van der Waals surface area contributed by atoms with Gasteiger partial charge in [-0.3, -0.25) is 0 Å². The second kappa shape index (κ2) is 39.6. The van der Waals surface area contributed by atoms with Gasteiger partial charge in [-0.1, -0.05) is 0 Å². The molecule has 38 valence electrons.